The van der Waals surface area contributed by atoms with E-state index in [-0.39, 0.29) is 29.7 Å². The summed E-state index contributed by atoms with van der Waals surface area (Å²) in [5, 5.41) is 18.2. The van der Waals surface area contributed by atoms with Gasteiger partial charge in [-0.25, -0.2) is 4.68 Å². The van der Waals surface area contributed by atoms with E-state index in [1.54, 1.807) is 6.21 Å². The van der Waals surface area contributed by atoms with Crippen LogP contribution in [0.3, 0.4) is 0 Å². The van der Waals surface area contributed by atoms with Gasteiger partial charge in [0.2, 0.25) is 5.95 Å². The second-order valence-electron chi connectivity index (χ2n) is 7.82. The van der Waals surface area contributed by atoms with E-state index >= 15 is 0 Å². The van der Waals surface area contributed by atoms with Crippen molar-refractivity contribution in [2.24, 2.45) is 4.99 Å². The number of benzene rings is 2. The molecule has 0 bridgehead atoms. The van der Waals surface area contributed by atoms with Crippen LogP contribution in [-0.4, -0.2) is 37.9 Å². The number of fused-ring (bicyclic) bond motifs is 1. The number of ketones is 1. The molecule has 0 amide bonds. The van der Waals surface area contributed by atoms with Gasteiger partial charge in [0, 0.05) is 19.1 Å². The van der Waals surface area contributed by atoms with Crippen LogP contribution in [0.1, 0.15) is 42.5 Å². The summed E-state index contributed by atoms with van der Waals surface area (Å²) >= 11 is 0. The predicted molar refractivity (Wildman–Crippen MR) is 118 cm³/mol. The van der Waals surface area contributed by atoms with Crippen LogP contribution >= 0.6 is 0 Å². The number of rotatable bonds is 4. The molecule has 0 fully saturated rings. The molecule has 1 aliphatic carbocycles. The number of nitrogens with zero attached hydrogens (tertiary/aromatic N) is 4. The first kappa shape index (κ1) is 19.2. The highest BCUT2D eigenvalue weighted by atomic mass is 16.3. The van der Waals surface area contributed by atoms with E-state index in [4.69, 9.17) is 4.99 Å². The van der Waals surface area contributed by atoms with Crippen molar-refractivity contribution in [3.63, 3.8) is 0 Å². The topological polar surface area (TPSA) is 92.4 Å². The van der Waals surface area contributed by atoms with Crippen molar-refractivity contribution < 1.29 is 9.90 Å². The fourth-order valence-corrected chi connectivity index (χ4v) is 4.36. The zero-order chi connectivity index (χ0) is 21.2. The maximum absolute atomic E-state index is 12.4. The van der Waals surface area contributed by atoms with Gasteiger partial charge in [-0.1, -0.05) is 60.7 Å². The number of hydrogen-bond acceptors (Lipinski definition) is 6. The van der Waals surface area contributed by atoms with Crippen molar-refractivity contribution in [1.29, 1.82) is 0 Å². The molecule has 0 spiro atoms. The quantitative estimate of drug-likeness (QED) is 0.630. The Morgan fingerprint density at radius 3 is 2.45 bits per heavy atom. The van der Waals surface area contributed by atoms with Crippen LogP contribution in [-0.2, 0) is 4.79 Å². The maximum atomic E-state index is 12.4. The summed E-state index contributed by atoms with van der Waals surface area (Å²) in [4.78, 5) is 21.7. The molecular weight excluding hydrogens is 390 g/mol. The van der Waals surface area contributed by atoms with E-state index in [1.807, 2.05) is 41.1 Å². The van der Waals surface area contributed by atoms with Crippen LogP contribution in [0.2, 0.25) is 0 Å². The number of aliphatic hydroxyl groups is 1. The van der Waals surface area contributed by atoms with Crippen LogP contribution in [0.5, 0.6) is 0 Å². The molecule has 0 saturated heterocycles. The first-order valence-electron chi connectivity index (χ1n) is 10.5. The SMILES string of the molecule is O=C1CCCC(O)=C1C=NC1C(c2ccccc2)Nc2ncnn2C1c1ccccc1. The van der Waals surface area contributed by atoms with E-state index in [9.17, 15) is 9.90 Å². The molecule has 3 unspecified atom stereocenters. The highest BCUT2D eigenvalue weighted by Gasteiger charge is 2.39. The number of aliphatic imine (C=N–C) groups is 1. The Morgan fingerprint density at radius 1 is 1.03 bits per heavy atom. The van der Waals surface area contributed by atoms with Gasteiger partial charge < -0.3 is 10.4 Å². The third-order valence-electron chi connectivity index (χ3n) is 5.89. The molecule has 156 valence electrons. The average molecular weight is 413 g/mol. The lowest BCUT2D eigenvalue weighted by atomic mass is 9.88. The van der Waals surface area contributed by atoms with Gasteiger partial charge in [-0.15, -0.1) is 0 Å². The van der Waals surface area contributed by atoms with Gasteiger partial charge in [0.05, 0.1) is 11.6 Å². The van der Waals surface area contributed by atoms with Gasteiger partial charge >= 0.3 is 0 Å². The monoisotopic (exact) mass is 413 g/mol. The number of hydrogen-bond donors (Lipinski definition) is 2. The molecule has 0 saturated carbocycles. The predicted octanol–water partition coefficient (Wildman–Crippen LogP) is 4.04. The second-order valence-corrected chi connectivity index (χ2v) is 7.82. The van der Waals surface area contributed by atoms with Crippen LogP contribution in [0.4, 0.5) is 5.95 Å². The Bertz CT molecular complexity index is 1140. The van der Waals surface area contributed by atoms with Gasteiger partial charge in [0.1, 0.15) is 24.2 Å². The van der Waals surface area contributed by atoms with Crippen molar-refractivity contribution in [2.75, 3.05) is 5.32 Å². The van der Waals surface area contributed by atoms with Crippen molar-refractivity contribution >= 4 is 17.9 Å². The van der Waals surface area contributed by atoms with Crippen LogP contribution in [0.15, 0.2) is 83.3 Å². The third-order valence-corrected chi connectivity index (χ3v) is 5.89. The summed E-state index contributed by atoms with van der Waals surface area (Å²) in [7, 11) is 0. The summed E-state index contributed by atoms with van der Waals surface area (Å²) in [5.41, 5.74) is 2.43. The number of carbonyl (C=O) groups is 1. The molecule has 5 rings (SSSR count). The smallest absolute Gasteiger partial charge is 0.222 e. The standard InChI is InChI=1S/C24H23N5O2/c30-19-12-7-13-20(31)18(19)14-25-22-21(16-8-3-1-4-9-16)28-24-26-15-27-29(24)23(22)17-10-5-2-6-11-17/h1-6,8-11,14-15,21-23,30H,7,12-13H2,(H,26,27,28). The minimum atomic E-state index is -0.311. The first-order chi connectivity index (χ1) is 15.2. The fraction of sp³-hybridized carbons (Fsp3) is 0.250. The van der Waals surface area contributed by atoms with Gasteiger partial charge in [-0.2, -0.15) is 10.1 Å². The zero-order valence-corrected chi connectivity index (χ0v) is 16.9. The molecule has 2 heterocycles. The highest BCUT2D eigenvalue weighted by Crippen LogP contribution is 2.39. The number of anilines is 1. The van der Waals surface area contributed by atoms with Crippen molar-refractivity contribution in [1.82, 2.24) is 14.8 Å². The molecule has 3 atom stereocenters. The minimum Gasteiger partial charge on any atom is -0.512 e. The number of aromatic nitrogens is 3. The number of nitrogens with one attached hydrogen (secondary N) is 1. The highest BCUT2D eigenvalue weighted by molar-refractivity contribution is 6.14. The summed E-state index contributed by atoms with van der Waals surface area (Å²) in [6, 6.07) is 19.4. The van der Waals surface area contributed by atoms with Crippen LogP contribution in [0.25, 0.3) is 0 Å². The average Bonchev–Trinajstić information content (AvgIpc) is 3.27. The number of aliphatic hydroxyl groups excluding tert-OH is 1. The van der Waals surface area contributed by atoms with Crippen LogP contribution in [0, 0.1) is 0 Å². The number of carbonyl (C=O) groups excluding carboxylic acids is 1. The van der Waals surface area contributed by atoms with Crippen LogP contribution < -0.4 is 5.32 Å². The molecule has 1 aliphatic heterocycles. The zero-order valence-electron chi connectivity index (χ0n) is 16.9. The van der Waals surface area contributed by atoms with Gasteiger partial charge in [0.15, 0.2) is 5.78 Å². The lowest BCUT2D eigenvalue weighted by molar-refractivity contribution is -0.115. The Labute approximate surface area is 180 Å². The van der Waals surface area contributed by atoms with E-state index in [2.05, 4.69) is 39.7 Å². The molecule has 7 heteroatoms. The molecule has 2 N–H and O–H groups in total. The van der Waals surface area contributed by atoms with E-state index in [0.717, 1.165) is 11.1 Å². The van der Waals surface area contributed by atoms with Gasteiger partial charge in [0.25, 0.3) is 0 Å². The molecule has 1 aromatic heterocycles. The largest absolute Gasteiger partial charge is 0.512 e. The number of allylic oxidation sites excluding steroid dienone is 2. The Hall–Kier alpha value is -3.74. The van der Waals surface area contributed by atoms with E-state index < -0.39 is 0 Å². The molecule has 7 nitrogen and oxygen atoms in total. The molecule has 3 aromatic rings. The Morgan fingerprint density at radius 2 is 1.74 bits per heavy atom. The van der Waals surface area contributed by atoms with Gasteiger partial charge in [-0.3, -0.25) is 9.79 Å². The minimum absolute atomic E-state index is 0.0646. The molecular formula is C24H23N5O2. The summed E-state index contributed by atoms with van der Waals surface area (Å²) < 4.78 is 1.84. The number of Topliss-reactive ketones (excluding diaryl/α,β-unsaturated/α-hetero) is 1. The van der Waals surface area contributed by atoms with Crippen molar-refractivity contribution in [3.05, 3.63) is 89.5 Å². The summed E-state index contributed by atoms with van der Waals surface area (Å²) in [6.07, 6.45) is 4.70. The molecule has 2 aromatic carbocycles. The lowest BCUT2D eigenvalue weighted by Crippen LogP contribution is -2.40. The second kappa shape index (κ2) is 8.18. The van der Waals surface area contributed by atoms with Gasteiger partial charge in [-0.05, 0) is 17.5 Å². The Balaban J connectivity index is 1.63. The molecule has 0 radical (unpaired) electrons. The summed E-state index contributed by atoms with van der Waals surface area (Å²) in [5.74, 6) is 0.730. The lowest BCUT2D eigenvalue weighted by Gasteiger charge is -2.37. The van der Waals surface area contributed by atoms with Crippen molar-refractivity contribution in [3.8, 4) is 0 Å². The van der Waals surface area contributed by atoms with E-state index in [1.165, 1.54) is 6.33 Å². The van der Waals surface area contributed by atoms with E-state index in [0.29, 0.717) is 30.8 Å². The van der Waals surface area contributed by atoms with Crippen molar-refractivity contribution in [2.45, 2.75) is 37.4 Å². The first-order valence-corrected chi connectivity index (χ1v) is 10.5. The molecule has 2 aliphatic rings. The third kappa shape index (κ3) is 3.63. The fourth-order valence-electron chi connectivity index (χ4n) is 4.36. The molecule has 31 heavy (non-hydrogen) atoms. The summed E-state index contributed by atoms with van der Waals surface area (Å²) in [6.45, 7) is 0. The maximum Gasteiger partial charge on any atom is 0.222 e. The normalized spacial score (nSPS) is 23.6. The Kier molecular flexibility index (Phi) is 5.08.